The van der Waals surface area contributed by atoms with E-state index in [0.29, 0.717) is 17.1 Å². The summed E-state index contributed by atoms with van der Waals surface area (Å²) >= 11 is 6.54. The second-order valence-corrected chi connectivity index (χ2v) is 6.10. The van der Waals surface area contributed by atoms with Crippen molar-refractivity contribution in [1.29, 1.82) is 0 Å². The number of fused-ring (bicyclic) bond motifs is 1. The Balaban J connectivity index is 1.77. The second-order valence-electron chi connectivity index (χ2n) is 5.58. The van der Waals surface area contributed by atoms with Crippen LogP contribution in [-0.2, 0) is 0 Å². The lowest BCUT2D eigenvalue weighted by molar-refractivity contribution is 0.161. The molecule has 2 atom stereocenters. The summed E-state index contributed by atoms with van der Waals surface area (Å²) in [7, 11) is 0. The number of benzene rings is 1. The third-order valence-corrected chi connectivity index (χ3v) is 4.53. The zero-order valence-electron chi connectivity index (χ0n) is 11.6. The van der Waals surface area contributed by atoms with E-state index in [1.807, 2.05) is 18.2 Å². The highest BCUT2D eigenvalue weighted by Crippen LogP contribution is 2.27. The van der Waals surface area contributed by atoms with Crippen molar-refractivity contribution in [1.82, 2.24) is 9.88 Å². The van der Waals surface area contributed by atoms with Crippen molar-refractivity contribution < 1.29 is 4.42 Å². The van der Waals surface area contributed by atoms with Gasteiger partial charge >= 0.3 is 5.76 Å². The average Bonchev–Trinajstić information content (AvgIpc) is 2.80. The number of alkyl halides is 1. The molecule has 1 aromatic carbocycles. The Hall–Kier alpha value is -1.26. The number of hydrogen-bond acceptors (Lipinski definition) is 3. The van der Waals surface area contributed by atoms with E-state index >= 15 is 0 Å². The topological polar surface area (TPSA) is 49.2 Å². The summed E-state index contributed by atoms with van der Waals surface area (Å²) in [5.41, 5.74) is 2.29. The van der Waals surface area contributed by atoms with Crippen LogP contribution in [0.3, 0.4) is 0 Å². The van der Waals surface area contributed by atoms with Crippen LogP contribution >= 0.6 is 11.6 Å². The van der Waals surface area contributed by atoms with Crippen LogP contribution in [0.1, 0.15) is 37.1 Å². The summed E-state index contributed by atoms with van der Waals surface area (Å²) in [4.78, 5) is 16.2. The Morgan fingerprint density at radius 1 is 1.50 bits per heavy atom. The standard InChI is InChI=1S/C15H19ClN2O2/c1-10-4-2-3-7-18(10)9-12(16)11-5-6-13-14(8-11)20-15(19)17-13/h5-6,8,10,12H,2-4,7,9H2,1H3,(H,17,19). The first-order valence-corrected chi connectivity index (χ1v) is 7.58. The maximum Gasteiger partial charge on any atom is 0.417 e. The van der Waals surface area contributed by atoms with Crippen molar-refractivity contribution in [3.8, 4) is 0 Å². The summed E-state index contributed by atoms with van der Waals surface area (Å²) in [6, 6.07) is 6.27. The number of halogens is 1. The minimum atomic E-state index is -0.423. The van der Waals surface area contributed by atoms with E-state index in [0.717, 1.165) is 18.7 Å². The lowest BCUT2D eigenvalue weighted by Gasteiger charge is -2.34. The van der Waals surface area contributed by atoms with Gasteiger partial charge in [0.1, 0.15) is 0 Å². The van der Waals surface area contributed by atoms with Crippen LogP contribution in [0, 0.1) is 0 Å². The van der Waals surface area contributed by atoms with Crippen molar-refractivity contribution in [3.63, 3.8) is 0 Å². The predicted octanol–water partition coefficient (Wildman–Crippen LogP) is 3.28. The molecule has 0 saturated carbocycles. The van der Waals surface area contributed by atoms with Gasteiger partial charge < -0.3 is 4.42 Å². The van der Waals surface area contributed by atoms with Gasteiger partial charge in [-0.3, -0.25) is 9.88 Å². The Labute approximate surface area is 122 Å². The van der Waals surface area contributed by atoms with E-state index in [-0.39, 0.29) is 5.38 Å². The lowest BCUT2D eigenvalue weighted by Crippen LogP contribution is -2.39. The molecule has 5 heteroatoms. The number of likely N-dealkylation sites (tertiary alicyclic amines) is 1. The zero-order valence-corrected chi connectivity index (χ0v) is 12.3. The van der Waals surface area contributed by atoms with Crippen LogP contribution in [0.15, 0.2) is 27.4 Å². The van der Waals surface area contributed by atoms with Crippen LogP contribution in [-0.4, -0.2) is 29.0 Å². The highest BCUT2D eigenvalue weighted by Gasteiger charge is 2.21. The van der Waals surface area contributed by atoms with Gasteiger partial charge in [-0.2, -0.15) is 0 Å². The number of hydrogen-bond donors (Lipinski definition) is 1. The van der Waals surface area contributed by atoms with E-state index < -0.39 is 5.76 Å². The second kappa shape index (κ2) is 5.62. The molecule has 1 aliphatic heterocycles. The molecule has 108 valence electrons. The molecule has 1 aromatic heterocycles. The van der Waals surface area contributed by atoms with Gasteiger partial charge in [-0.05, 0) is 44.0 Å². The number of nitrogens with one attached hydrogen (secondary N) is 1. The van der Waals surface area contributed by atoms with Crippen molar-refractivity contribution in [2.45, 2.75) is 37.6 Å². The number of H-pyrrole nitrogens is 1. The maximum absolute atomic E-state index is 11.2. The number of aromatic amines is 1. The smallest absolute Gasteiger partial charge is 0.408 e. The Morgan fingerprint density at radius 3 is 3.15 bits per heavy atom. The minimum absolute atomic E-state index is 0.0832. The molecule has 2 heterocycles. The molecule has 3 rings (SSSR count). The van der Waals surface area contributed by atoms with Gasteiger partial charge in [0.25, 0.3) is 0 Å². The average molecular weight is 295 g/mol. The highest BCUT2D eigenvalue weighted by molar-refractivity contribution is 6.21. The lowest BCUT2D eigenvalue weighted by atomic mass is 10.0. The first-order valence-electron chi connectivity index (χ1n) is 7.14. The first-order chi connectivity index (χ1) is 9.63. The van der Waals surface area contributed by atoms with Gasteiger partial charge in [-0.1, -0.05) is 12.5 Å². The van der Waals surface area contributed by atoms with Crippen LogP contribution in [0.4, 0.5) is 0 Å². The van der Waals surface area contributed by atoms with E-state index in [4.69, 9.17) is 16.0 Å². The summed E-state index contributed by atoms with van der Waals surface area (Å²) in [6.45, 7) is 4.21. The molecule has 20 heavy (non-hydrogen) atoms. The molecule has 4 nitrogen and oxygen atoms in total. The summed E-state index contributed by atoms with van der Waals surface area (Å²) < 4.78 is 5.09. The fourth-order valence-electron chi connectivity index (χ4n) is 2.90. The molecule has 1 saturated heterocycles. The fraction of sp³-hybridized carbons (Fsp3) is 0.533. The van der Waals surface area contributed by atoms with Crippen molar-refractivity contribution in [3.05, 3.63) is 34.3 Å². The zero-order chi connectivity index (χ0) is 14.1. The molecule has 0 bridgehead atoms. The Bertz CT molecular complexity index is 649. The molecule has 1 aliphatic rings. The molecule has 2 unspecified atom stereocenters. The number of oxazole rings is 1. The first kappa shape index (κ1) is 13.7. The Kier molecular flexibility index (Phi) is 3.85. The van der Waals surface area contributed by atoms with Crippen molar-refractivity contribution >= 4 is 22.7 Å². The molecule has 0 amide bonds. The number of piperidine rings is 1. The Morgan fingerprint density at radius 2 is 2.35 bits per heavy atom. The highest BCUT2D eigenvalue weighted by atomic mass is 35.5. The van der Waals surface area contributed by atoms with E-state index in [1.165, 1.54) is 19.3 Å². The molecule has 2 aromatic rings. The van der Waals surface area contributed by atoms with Crippen LogP contribution in [0.2, 0.25) is 0 Å². The molecule has 0 aliphatic carbocycles. The fourth-order valence-corrected chi connectivity index (χ4v) is 3.21. The van der Waals surface area contributed by atoms with E-state index in [2.05, 4.69) is 16.8 Å². The summed E-state index contributed by atoms with van der Waals surface area (Å²) in [5, 5.41) is -0.0832. The van der Waals surface area contributed by atoms with Gasteiger partial charge in [-0.25, -0.2) is 4.79 Å². The monoisotopic (exact) mass is 294 g/mol. The van der Waals surface area contributed by atoms with Crippen LogP contribution < -0.4 is 5.76 Å². The molecule has 0 radical (unpaired) electrons. The number of nitrogens with zero attached hydrogens (tertiary/aromatic N) is 1. The maximum atomic E-state index is 11.2. The molecule has 1 N–H and O–H groups in total. The van der Waals surface area contributed by atoms with E-state index in [9.17, 15) is 4.79 Å². The summed E-state index contributed by atoms with van der Waals surface area (Å²) in [5.74, 6) is -0.423. The van der Waals surface area contributed by atoms with Gasteiger partial charge in [0, 0.05) is 12.6 Å². The van der Waals surface area contributed by atoms with Gasteiger partial charge in [0.05, 0.1) is 10.9 Å². The van der Waals surface area contributed by atoms with E-state index in [1.54, 1.807) is 0 Å². The SMILES string of the molecule is CC1CCCCN1CC(Cl)c1ccc2[nH]c(=O)oc2c1. The third-order valence-electron chi connectivity index (χ3n) is 4.14. The number of aromatic nitrogens is 1. The third kappa shape index (κ3) is 2.76. The number of rotatable bonds is 3. The molecular weight excluding hydrogens is 276 g/mol. The predicted molar refractivity (Wildman–Crippen MR) is 80.3 cm³/mol. The van der Waals surface area contributed by atoms with Crippen LogP contribution in [0.5, 0.6) is 0 Å². The van der Waals surface area contributed by atoms with Gasteiger partial charge in [0.2, 0.25) is 0 Å². The van der Waals surface area contributed by atoms with Crippen molar-refractivity contribution in [2.75, 3.05) is 13.1 Å². The molecule has 1 fully saturated rings. The normalized spacial score (nSPS) is 22.2. The minimum Gasteiger partial charge on any atom is -0.408 e. The van der Waals surface area contributed by atoms with Crippen molar-refractivity contribution in [2.24, 2.45) is 0 Å². The largest absolute Gasteiger partial charge is 0.417 e. The van der Waals surface area contributed by atoms with Crippen LogP contribution in [0.25, 0.3) is 11.1 Å². The molecule has 0 spiro atoms. The van der Waals surface area contributed by atoms with Gasteiger partial charge in [0.15, 0.2) is 5.58 Å². The van der Waals surface area contributed by atoms with Gasteiger partial charge in [-0.15, -0.1) is 11.6 Å². The quantitative estimate of drug-likeness (QED) is 0.884. The summed E-state index contributed by atoms with van der Waals surface area (Å²) in [6.07, 6.45) is 3.81. The molecular formula is C15H19ClN2O2.